The van der Waals surface area contributed by atoms with Gasteiger partial charge in [0.1, 0.15) is 18.1 Å². The largest absolute Gasteiger partial charge is 0.497 e. The lowest BCUT2D eigenvalue weighted by molar-refractivity contribution is -0.139. The van der Waals surface area contributed by atoms with Gasteiger partial charge in [0.2, 0.25) is 5.91 Å². The summed E-state index contributed by atoms with van der Waals surface area (Å²) in [6, 6.07) is 39.5. The Morgan fingerprint density at radius 3 is 1.95 bits per heavy atom. The topological polar surface area (TPSA) is 57.2 Å². The van der Waals surface area contributed by atoms with Crippen molar-refractivity contribution in [1.29, 1.82) is 0 Å². The van der Waals surface area contributed by atoms with E-state index in [-0.39, 0.29) is 40.5 Å². The third-order valence-corrected chi connectivity index (χ3v) is 16.1. The zero-order chi connectivity index (χ0) is 40.3. The van der Waals surface area contributed by atoms with Crippen molar-refractivity contribution < 1.29 is 23.4 Å². The maximum atomic E-state index is 15.2. The maximum Gasteiger partial charge on any atom is 0.261 e. The normalized spacial score (nSPS) is 17.3. The molecule has 0 aromatic heterocycles. The number of rotatable bonds is 18. The molecular formula is C49H65NO5Si. The van der Waals surface area contributed by atoms with E-state index >= 15 is 4.79 Å². The number of amides is 1. The van der Waals surface area contributed by atoms with E-state index in [1.54, 1.807) is 7.11 Å². The van der Waals surface area contributed by atoms with Crippen LogP contribution in [0.1, 0.15) is 79.7 Å². The Balaban J connectivity index is 1.42. The number of aryl methyl sites for hydroxylation is 1. The van der Waals surface area contributed by atoms with E-state index in [9.17, 15) is 0 Å². The number of nitrogens with zero attached hydrogens (tertiary/aromatic N) is 1. The van der Waals surface area contributed by atoms with Gasteiger partial charge in [0.05, 0.1) is 24.9 Å². The molecule has 1 amide bonds. The molecule has 0 spiro atoms. The first kappa shape index (κ1) is 43.0. The number of benzene rings is 4. The summed E-state index contributed by atoms with van der Waals surface area (Å²) in [5.74, 6) is 1.46. The summed E-state index contributed by atoms with van der Waals surface area (Å²) in [7, 11) is -1.01. The van der Waals surface area contributed by atoms with Gasteiger partial charge in [0.25, 0.3) is 8.32 Å². The van der Waals surface area contributed by atoms with E-state index in [1.807, 2.05) is 42.5 Å². The second-order valence-corrected chi connectivity index (χ2v) is 21.8. The number of carbonyl (C=O) groups is 1. The van der Waals surface area contributed by atoms with Gasteiger partial charge >= 0.3 is 0 Å². The quantitative estimate of drug-likeness (QED) is 0.0573. The van der Waals surface area contributed by atoms with Gasteiger partial charge in [0, 0.05) is 19.1 Å². The highest BCUT2D eigenvalue weighted by Gasteiger charge is 2.50. The lowest BCUT2D eigenvalue weighted by Gasteiger charge is -2.43. The predicted molar refractivity (Wildman–Crippen MR) is 233 cm³/mol. The third-order valence-electron chi connectivity index (χ3n) is 11.1. The van der Waals surface area contributed by atoms with Crippen molar-refractivity contribution in [2.45, 2.75) is 103 Å². The lowest BCUT2D eigenvalue weighted by atomic mass is 9.79. The molecule has 5 rings (SSSR count). The Bertz CT molecular complexity index is 1780. The fraction of sp³-hybridized carbons (Fsp3) is 0.449. The van der Waals surface area contributed by atoms with Crippen LogP contribution in [-0.4, -0.2) is 63.7 Å². The summed E-state index contributed by atoms with van der Waals surface area (Å²) in [6.45, 7) is 21.3. The summed E-state index contributed by atoms with van der Waals surface area (Å²) in [5, 5.41) is 2.43. The first-order valence-electron chi connectivity index (χ1n) is 20.4. The van der Waals surface area contributed by atoms with Crippen LogP contribution >= 0.6 is 0 Å². The SMILES string of the molecule is C=C(C)[C@@H](CCCO[Si](c1ccccc1)(c1ccccc1)C(C)(C)C)[C@H](CCc1cccc(OC)c1)C(=O)N1C[C@H](OC(C)(C)C)C[C@H]1COc1ccccc1. The van der Waals surface area contributed by atoms with Crippen molar-refractivity contribution in [1.82, 2.24) is 4.90 Å². The third kappa shape index (κ3) is 11.0. The molecule has 300 valence electrons. The Morgan fingerprint density at radius 1 is 0.804 bits per heavy atom. The van der Waals surface area contributed by atoms with Crippen LogP contribution in [-0.2, 0) is 20.4 Å². The van der Waals surface area contributed by atoms with Crippen molar-refractivity contribution in [2.24, 2.45) is 11.8 Å². The number of carbonyl (C=O) groups excluding carboxylic acids is 1. The zero-order valence-electron chi connectivity index (χ0n) is 35.1. The minimum atomic E-state index is -2.70. The standard InChI is InChI=1S/C49H65NO5Si/c1-37(2)45(29-20-32-54-56(49(6,7)8,43-25-15-11-16-26-43)44-27-17-12-18-28-44)46(31-30-38-21-19-24-41(33-38)52-9)47(51)50-35-42(55-48(3,4)5)34-39(50)36-53-40-22-13-10-14-23-40/h10-19,21-28,33,39,42,45-46H,1,20,29-32,34-36H2,2-9H3/t39-,42+,45+,46-/m0/s1. The number of ether oxygens (including phenoxy) is 3. The number of allylic oxidation sites excluding steroid dienone is 1. The Kier molecular flexibility index (Phi) is 14.8. The van der Waals surface area contributed by atoms with Gasteiger partial charge in [-0.2, -0.15) is 0 Å². The molecular weight excluding hydrogens is 711 g/mol. The highest BCUT2D eigenvalue weighted by molar-refractivity contribution is 6.99. The van der Waals surface area contributed by atoms with Crippen LogP contribution in [0.5, 0.6) is 11.5 Å². The van der Waals surface area contributed by atoms with Gasteiger partial charge in [-0.05, 0) is 111 Å². The number of methoxy groups -OCH3 is 1. The van der Waals surface area contributed by atoms with E-state index in [0.29, 0.717) is 26.2 Å². The number of hydrogen-bond acceptors (Lipinski definition) is 5. The molecule has 56 heavy (non-hydrogen) atoms. The highest BCUT2D eigenvalue weighted by Crippen LogP contribution is 2.38. The van der Waals surface area contributed by atoms with E-state index in [1.165, 1.54) is 10.4 Å². The molecule has 0 N–H and O–H groups in total. The smallest absolute Gasteiger partial charge is 0.261 e. The van der Waals surface area contributed by atoms with Gasteiger partial charge in [-0.15, -0.1) is 0 Å². The van der Waals surface area contributed by atoms with Gasteiger partial charge in [0.15, 0.2) is 0 Å². The fourth-order valence-electron chi connectivity index (χ4n) is 8.54. The number of para-hydroxylation sites is 1. The molecule has 1 heterocycles. The van der Waals surface area contributed by atoms with Crippen LogP contribution < -0.4 is 19.8 Å². The van der Waals surface area contributed by atoms with Crippen LogP contribution in [0.15, 0.2) is 127 Å². The molecule has 4 aromatic carbocycles. The van der Waals surface area contributed by atoms with Gasteiger partial charge in [-0.3, -0.25) is 4.79 Å². The molecule has 0 saturated carbocycles. The summed E-state index contributed by atoms with van der Waals surface area (Å²) in [5.41, 5.74) is 1.85. The average molecular weight is 776 g/mol. The Morgan fingerprint density at radius 2 is 1.39 bits per heavy atom. The second kappa shape index (κ2) is 19.3. The summed E-state index contributed by atoms with van der Waals surface area (Å²) in [6.07, 6.45) is 3.68. The Hall–Kier alpha value is -4.17. The van der Waals surface area contributed by atoms with Crippen LogP contribution in [0.3, 0.4) is 0 Å². The first-order valence-corrected chi connectivity index (χ1v) is 22.3. The van der Waals surface area contributed by atoms with Crippen molar-refractivity contribution in [3.8, 4) is 11.5 Å². The molecule has 0 aliphatic carbocycles. The number of likely N-dealkylation sites (tertiary alicyclic amines) is 1. The van der Waals surface area contributed by atoms with Crippen LogP contribution in [0, 0.1) is 11.8 Å². The summed E-state index contributed by atoms with van der Waals surface area (Å²) >= 11 is 0. The van der Waals surface area contributed by atoms with Crippen LogP contribution in [0.4, 0.5) is 0 Å². The molecule has 1 fully saturated rings. The van der Waals surface area contributed by atoms with Crippen molar-refractivity contribution in [2.75, 3.05) is 26.9 Å². The maximum absolute atomic E-state index is 15.2. The molecule has 6 nitrogen and oxygen atoms in total. The first-order chi connectivity index (χ1) is 26.7. The van der Waals surface area contributed by atoms with Gasteiger partial charge in [-0.25, -0.2) is 0 Å². The second-order valence-electron chi connectivity index (χ2n) is 17.5. The molecule has 1 aliphatic heterocycles. The molecule has 4 atom stereocenters. The minimum Gasteiger partial charge on any atom is -0.497 e. The van der Waals surface area contributed by atoms with Gasteiger partial charge < -0.3 is 23.5 Å². The van der Waals surface area contributed by atoms with E-state index in [0.717, 1.165) is 48.3 Å². The molecule has 7 heteroatoms. The van der Waals surface area contributed by atoms with E-state index in [4.69, 9.17) is 18.6 Å². The molecule has 1 saturated heterocycles. The van der Waals surface area contributed by atoms with Crippen molar-refractivity contribution in [3.05, 3.63) is 133 Å². The monoisotopic (exact) mass is 775 g/mol. The number of hydrogen-bond donors (Lipinski definition) is 0. The molecule has 0 radical (unpaired) electrons. The highest BCUT2D eigenvalue weighted by atomic mass is 28.4. The summed E-state index contributed by atoms with van der Waals surface area (Å²) < 4.78 is 25.7. The molecule has 0 bridgehead atoms. The molecule has 0 unspecified atom stereocenters. The van der Waals surface area contributed by atoms with Crippen LogP contribution in [0.2, 0.25) is 5.04 Å². The zero-order valence-corrected chi connectivity index (χ0v) is 36.1. The lowest BCUT2D eigenvalue weighted by Crippen LogP contribution is -2.66. The summed E-state index contributed by atoms with van der Waals surface area (Å²) in [4.78, 5) is 17.2. The van der Waals surface area contributed by atoms with Gasteiger partial charge in [-0.1, -0.05) is 124 Å². The van der Waals surface area contributed by atoms with Crippen molar-refractivity contribution >= 4 is 24.6 Å². The predicted octanol–water partition coefficient (Wildman–Crippen LogP) is 9.66. The van der Waals surface area contributed by atoms with E-state index < -0.39 is 8.32 Å². The molecule has 1 aliphatic rings. The van der Waals surface area contributed by atoms with E-state index in [2.05, 4.69) is 133 Å². The van der Waals surface area contributed by atoms with Crippen LogP contribution in [0.25, 0.3) is 0 Å². The molecule has 4 aromatic rings. The van der Waals surface area contributed by atoms with Crippen molar-refractivity contribution in [3.63, 3.8) is 0 Å². The minimum absolute atomic E-state index is 0.0332. The average Bonchev–Trinajstić information content (AvgIpc) is 3.57. The fourth-order valence-corrected chi connectivity index (χ4v) is 13.1. The Labute approximate surface area is 338 Å².